The van der Waals surface area contributed by atoms with Gasteiger partial charge in [0.05, 0.1) is 16.2 Å². The van der Waals surface area contributed by atoms with Crippen LogP contribution in [0.15, 0.2) is 34.9 Å². The number of benzene rings is 1. The van der Waals surface area contributed by atoms with Crippen molar-refractivity contribution in [1.82, 2.24) is 15.1 Å². The molecule has 0 saturated heterocycles. The molecule has 96 valence electrons. The molecule has 5 heteroatoms. The van der Waals surface area contributed by atoms with E-state index in [1.54, 1.807) is 12.3 Å². The maximum Gasteiger partial charge on any atom is 0.137 e. The molecule has 0 aliphatic heterocycles. The molecule has 1 aromatic carbocycles. The molecule has 0 bridgehead atoms. The standard InChI is InChI=1S/C13H15BrFN3/c1-16-12(13-5-6-17-18(13)2)8-9-3-4-11(15)10(14)7-9/h3-7,12,16H,8H2,1-2H3. The zero-order valence-corrected chi connectivity index (χ0v) is 11.9. The molecule has 0 saturated carbocycles. The lowest BCUT2D eigenvalue weighted by atomic mass is 10.0. The molecule has 2 rings (SSSR count). The molecule has 0 amide bonds. The Hall–Kier alpha value is -1.20. The van der Waals surface area contributed by atoms with Gasteiger partial charge in [0, 0.05) is 13.2 Å². The summed E-state index contributed by atoms with van der Waals surface area (Å²) in [5.74, 6) is -0.236. The Morgan fingerprint density at radius 1 is 1.44 bits per heavy atom. The van der Waals surface area contributed by atoms with Crippen LogP contribution in [-0.2, 0) is 13.5 Å². The fourth-order valence-corrected chi connectivity index (χ4v) is 2.41. The van der Waals surface area contributed by atoms with Crippen molar-refractivity contribution in [3.63, 3.8) is 0 Å². The van der Waals surface area contributed by atoms with E-state index in [1.807, 2.05) is 30.9 Å². The van der Waals surface area contributed by atoms with Gasteiger partial charge in [-0.1, -0.05) is 6.07 Å². The van der Waals surface area contributed by atoms with Crippen LogP contribution in [0.5, 0.6) is 0 Å². The third-order valence-corrected chi connectivity index (χ3v) is 3.60. The summed E-state index contributed by atoms with van der Waals surface area (Å²) in [5, 5.41) is 7.42. The van der Waals surface area contributed by atoms with E-state index < -0.39 is 0 Å². The highest BCUT2D eigenvalue weighted by Gasteiger charge is 2.14. The third-order valence-electron chi connectivity index (χ3n) is 2.99. The molecule has 0 spiro atoms. The largest absolute Gasteiger partial charge is 0.311 e. The van der Waals surface area contributed by atoms with Crippen LogP contribution >= 0.6 is 15.9 Å². The lowest BCUT2D eigenvalue weighted by Crippen LogP contribution is -2.21. The minimum absolute atomic E-state index is 0.162. The Morgan fingerprint density at radius 3 is 2.78 bits per heavy atom. The molecule has 0 fully saturated rings. The van der Waals surface area contributed by atoms with Crippen LogP contribution in [0.25, 0.3) is 0 Å². The van der Waals surface area contributed by atoms with Crippen molar-refractivity contribution >= 4 is 15.9 Å². The van der Waals surface area contributed by atoms with Crippen LogP contribution in [0.2, 0.25) is 0 Å². The molecule has 1 aromatic heterocycles. The van der Waals surface area contributed by atoms with Crippen LogP contribution < -0.4 is 5.32 Å². The smallest absolute Gasteiger partial charge is 0.137 e. The predicted molar refractivity (Wildman–Crippen MR) is 72.8 cm³/mol. The number of hydrogen-bond donors (Lipinski definition) is 1. The monoisotopic (exact) mass is 311 g/mol. The van der Waals surface area contributed by atoms with E-state index >= 15 is 0 Å². The summed E-state index contributed by atoms with van der Waals surface area (Å²) in [5.41, 5.74) is 2.18. The van der Waals surface area contributed by atoms with Gasteiger partial charge >= 0.3 is 0 Å². The number of aromatic nitrogens is 2. The van der Waals surface area contributed by atoms with Gasteiger partial charge in [-0.2, -0.15) is 5.10 Å². The quantitative estimate of drug-likeness (QED) is 0.941. The predicted octanol–water partition coefficient (Wildman–Crippen LogP) is 2.82. The number of aryl methyl sites for hydroxylation is 1. The minimum atomic E-state index is -0.236. The minimum Gasteiger partial charge on any atom is -0.311 e. The van der Waals surface area contributed by atoms with Crippen LogP contribution in [0.1, 0.15) is 17.3 Å². The van der Waals surface area contributed by atoms with Gasteiger partial charge in [-0.05, 0) is 53.2 Å². The number of hydrogen-bond acceptors (Lipinski definition) is 2. The second-order valence-electron chi connectivity index (χ2n) is 4.17. The van der Waals surface area contributed by atoms with E-state index in [2.05, 4.69) is 26.3 Å². The third kappa shape index (κ3) is 2.79. The van der Waals surface area contributed by atoms with E-state index in [1.165, 1.54) is 6.07 Å². The van der Waals surface area contributed by atoms with Gasteiger partial charge in [0.15, 0.2) is 0 Å². The Labute approximate surface area is 114 Å². The Balaban J connectivity index is 2.20. The average Bonchev–Trinajstić information content (AvgIpc) is 2.77. The van der Waals surface area contributed by atoms with Crippen LogP contribution in [0, 0.1) is 5.82 Å². The first-order chi connectivity index (χ1) is 8.61. The Bertz CT molecular complexity index is 539. The molecule has 0 aliphatic carbocycles. The number of nitrogens with one attached hydrogen (secondary N) is 1. The van der Waals surface area contributed by atoms with Crippen LogP contribution in [0.4, 0.5) is 4.39 Å². The van der Waals surface area contributed by atoms with Gasteiger partial charge < -0.3 is 5.32 Å². The number of rotatable bonds is 4. The second-order valence-corrected chi connectivity index (χ2v) is 5.03. The lowest BCUT2D eigenvalue weighted by molar-refractivity contribution is 0.536. The van der Waals surface area contributed by atoms with Crippen molar-refractivity contribution in [3.8, 4) is 0 Å². The van der Waals surface area contributed by atoms with Crippen LogP contribution in [-0.4, -0.2) is 16.8 Å². The molecular weight excluding hydrogens is 297 g/mol. The molecule has 1 unspecified atom stereocenters. The molecular formula is C13H15BrFN3. The first-order valence-corrected chi connectivity index (χ1v) is 6.50. The van der Waals surface area contributed by atoms with E-state index in [4.69, 9.17) is 0 Å². The lowest BCUT2D eigenvalue weighted by Gasteiger charge is -2.16. The van der Waals surface area contributed by atoms with Crippen molar-refractivity contribution in [1.29, 1.82) is 0 Å². The van der Waals surface area contributed by atoms with Gasteiger partial charge in [0.25, 0.3) is 0 Å². The number of likely N-dealkylation sites (N-methyl/N-ethyl adjacent to an activating group) is 1. The molecule has 3 nitrogen and oxygen atoms in total. The van der Waals surface area contributed by atoms with Gasteiger partial charge in [-0.15, -0.1) is 0 Å². The molecule has 18 heavy (non-hydrogen) atoms. The molecule has 0 radical (unpaired) electrons. The first kappa shape index (κ1) is 13.2. The molecule has 2 aromatic rings. The Kier molecular flexibility index (Phi) is 4.14. The first-order valence-electron chi connectivity index (χ1n) is 5.71. The summed E-state index contributed by atoms with van der Waals surface area (Å²) < 4.78 is 15.5. The topological polar surface area (TPSA) is 29.9 Å². The molecule has 1 atom stereocenters. The summed E-state index contributed by atoms with van der Waals surface area (Å²) in [7, 11) is 3.83. The van der Waals surface area contributed by atoms with Gasteiger partial charge in [0.1, 0.15) is 5.82 Å². The van der Waals surface area contributed by atoms with Gasteiger partial charge in [-0.3, -0.25) is 4.68 Å². The van der Waals surface area contributed by atoms with Crippen molar-refractivity contribution < 1.29 is 4.39 Å². The zero-order chi connectivity index (χ0) is 13.1. The van der Waals surface area contributed by atoms with Gasteiger partial charge in [-0.25, -0.2) is 4.39 Å². The number of nitrogens with zero attached hydrogens (tertiary/aromatic N) is 2. The molecule has 0 aliphatic rings. The second kappa shape index (κ2) is 5.63. The maximum absolute atomic E-state index is 13.2. The molecule has 1 heterocycles. The molecule has 1 N–H and O–H groups in total. The highest BCUT2D eigenvalue weighted by Crippen LogP contribution is 2.22. The number of halogens is 2. The Morgan fingerprint density at radius 2 is 2.22 bits per heavy atom. The zero-order valence-electron chi connectivity index (χ0n) is 10.3. The van der Waals surface area contributed by atoms with Crippen molar-refractivity contribution in [2.24, 2.45) is 7.05 Å². The average molecular weight is 312 g/mol. The van der Waals surface area contributed by atoms with Crippen molar-refractivity contribution in [2.75, 3.05) is 7.05 Å². The van der Waals surface area contributed by atoms with E-state index in [0.29, 0.717) is 4.47 Å². The maximum atomic E-state index is 13.2. The van der Waals surface area contributed by atoms with E-state index in [9.17, 15) is 4.39 Å². The van der Waals surface area contributed by atoms with Crippen LogP contribution in [0.3, 0.4) is 0 Å². The summed E-state index contributed by atoms with van der Waals surface area (Å²) in [6.07, 6.45) is 2.56. The van der Waals surface area contributed by atoms with E-state index in [-0.39, 0.29) is 11.9 Å². The van der Waals surface area contributed by atoms with Crippen molar-refractivity contribution in [2.45, 2.75) is 12.5 Å². The van der Waals surface area contributed by atoms with E-state index in [0.717, 1.165) is 17.7 Å². The fraction of sp³-hybridized carbons (Fsp3) is 0.308. The highest BCUT2D eigenvalue weighted by atomic mass is 79.9. The van der Waals surface area contributed by atoms with Gasteiger partial charge in [0.2, 0.25) is 0 Å². The highest BCUT2D eigenvalue weighted by molar-refractivity contribution is 9.10. The normalized spacial score (nSPS) is 12.7. The van der Waals surface area contributed by atoms with Crippen molar-refractivity contribution in [3.05, 3.63) is 52.0 Å². The summed E-state index contributed by atoms with van der Waals surface area (Å²) >= 11 is 3.21. The summed E-state index contributed by atoms with van der Waals surface area (Å²) in [6, 6.07) is 7.25. The summed E-state index contributed by atoms with van der Waals surface area (Å²) in [4.78, 5) is 0. The summed E-state index contributed by atoms with van der Waals surface area (Å²) in [6.45, 7) is 0. The SMILES string of the molecule is CNC(Cc1ccc(F)c(Br)c1)c1ccnn1C. The fourth-order valence-electron chi connectivity index (χ4n) is 1.98.